The fraction of sp³-hybridized carbons (Fsp3) is 0.389. The molecule has 0 saturated heterocycles. The van der Waals surface area contributed by atoms with Crippen LogP contribution < -0.4 is 19.9 Å². The largest absolute Gasteiger partial charge is 0.486 e. The third-order valence-corrected chi connectivity index (χ3v) is 8.74. The maximum absolute atomic E-state index is 12.1. The first-order chi connectivity index (χ1) is 14.8. The number of hydrogen-bond acceptors (Lipinski definition) is 9. The SMILES string of the molecule is CC(C)S(=O)(=O)NCCn1c(Sc2cc3c(cc2I)OCCO3)nc2c(N)ncnc21. The highest BCUT2D eigenvalue weighted by Crippen LogP contribution is 2.40. The van der Waals surface area contributed by atoms with Crippen molar-refractivity contribution < 1.29 is 17.9 Å². The molecule has 0 saturated carbocycles. The van der Waals surface area contributed by atoms with Crippen molar-refractivity contribution in [1.82, 2.24) is 24.2 Å². The van der Waals surface area contributed by atoms with Crippen LogP contribution in [0.2, 0.25) is 0 Å². The molecule has 3 heterocycles. The van der Waals surface area contributed by atoms with Crippen LogP contribution >= 0.6 is 34.4 Å². The lowest BCUT2D eigenvalue weighted by Crippen LogP contribution is -2.33. The molecule has 10 nitrogen and oxygen atoms in total. The van der Waals surface area contributed by atoms with Crippen LogP contribution in [0, 0.1) is 3.57 Å². The van der Waals surface area contributed by atoms with Gasteiger partial charge in [-0.1, -0.05) is 11.8 Å². The molecule has 0 unspecified atom stereocenters. The molecule has 0 fully saturated rings. The van der Waals surface area contributed by atoms with Gasteiger partial charge >= 0.3 is 0 Å². The second kappa shape index (κ2) is 8.96. The van der Waals surface area contributed by atoms with Gasteiger partial charge in [-0.05, 0) is 48.6 Å². The fourth-order valence-electron chi connectivity index (χ4n) is 2.90. The molecule has 1 aliphatic heterocycles. The number of imidazole rings is 1. The number of nitrogens with zero attached hydrogens (tertiary/aromatic N) is 4. The second-order valence-corrected chi connectivity index (χ2v) is 11.5. The van der Waals surface area contributed by atoms with E-state index >= 15 is 0 Å². The minimum absolute atomic E-state index is 0.196. The first-order valence-corrected chi connectivity index (χ1v) is 12.9. The van der Waals surface area contributed by atoms with Gasteiger partial charge in [-0.25, -0.2) is 28.1 Å². The quantitative estimate of drug-likeness (QED) is 0.407. The summed E-state index contributed by atoms with van der Waals surface area (Å²) in [7, 11) is -3.38. The minimum Gasteiger partial charge on any atom is -0.486 e. The Morgan fingerprint density at radius 3 is 2.68 bits per heavy atom. The molecule has 4 rings (SSSR count). The summed E-state index contributed by atoms with van der Waals surface area (Å²) in [6.45, 7) is 4.82. The number of sulfonamides is 1. The van der Waals surface area contributed by atoms with Gasteiger partial charge in [0.05, 0.1) is 5.25 Å². The number of ether oxygens (including phenoxy) is 2. The van der Waals surface area contributed by atoms with E-state index in [0.717, 1.165) is 8.47 Å². The highest BCUT2D eigenvalue weighted by Gasteiger charge is 2.21. The van der Waals surface area contributed by atoms with E-state index in [1.54, 1.807) is 13.8 Å². The number of halogens is 1. The van der Waals surface area contributed by atoms with Crippen molar-refractivity contribution in [1.29, 1.82) is 0 Å². The molecule has 0 aliphatic carbocycles. The van der Waals surface area contributed by atoms with Crippen molar-refractivity contribution in [2.24, 2.45) is 0 Å². The molecule has 0 bridgehead atoms. The Hall–Kier alpha value is -1.84. The number of nitrogens with one attached hydrogen (secondary N) is 1. The standard InChI is InChI=1S/C18H21IN6O4S2/c1-10(2)31(26,27)23-3-4-25-17-15(16(20)21-9-22-17)24-18(25)30-14-8-13-12(7-11(14)19)28-5-6-29-13/h7-10,23H,3-6H2,1-2H3,(H2,20,21,22). The molecule has 166 valence electrons. The lowest BCUT2D eigenvalue weighted by Gasteiger charge is -2.19. The van der Waals surface area contributed by atoms with Crippen molar-refractivity contribution in [2.45, 2.75) is 35.7 Å². The van der Waals surface area contributed by atoms with Crippen LogP contribution in [-0.4, -0.2) is 52.9 Å². The predicted octanol–water partition coefficient (Wildman–Crippen LogP) is 2.26. The third-order valence-electron chi connectivity index (χ3n) is 4.58. The van der Waals surface area contributed by atoms with E-state index < -0.39 is 15.3 Å². The molecule has 3 N–H and O–H groups in total. The summed E-state index contributed by atoms with van der Waals surface area (Å²) in [4.78, 5) is 13.9. The zero-order valence-corrected chi connectivity index (χ0v) is 20.6. The number of fused-ring (bicyclic) bond motifs is 2. The average Bonchev–Trinajstić information content (AvgIpc) is 3.07. The maximum Gasteiger partial charge on any atom is 0.213 e. The summed E-state index contributed by atoms with van der Waals surface area (Å²) in [6, 6.07) is 3.84. The van der Waals surface area contributed by atoms with Crippen molar-refractivity contribution >= 4 is 61.4 Å². The summed E-state index contributed by atoms with van der Waals surface area (Å²) < 4.78 is 41.0. The van der Waals surface area contributed by atoms with E-state index in [2.05, 4.69) is 42.3 Å². The van der Waals surface area contributed by atoms with Crippen LogP contribution in [0.4, 0.5) is 5.82 Å². The number of anilines is 1. The second-order valence-electron chi connectivity index (χ2n) is 6.99. The van der Waals surface area contributed by atoms with Crippen LogP contribution in [-0.2, 0) is 16.6 Å². The number of benzene rings is 1. The number of nitrogen functional groups attached to an aromatic ring is 1. The molecule has 13 heteroatoms. The third kappa shape index (κ3) is 4.68. The van der Waals surface area contributed by atoms with Gasteiger partial charge in [-0.2, -0.15) is 0 Å². The number of aromatic nitrogens is 4. The van der Waals surface area contributed by atoms with Crippen LogP contribution in [0.25, 0.3) is 11.2 Å². The molecule has 0 atom stereocenters. The molecule has 1 aromatic carbocycles. The first kappa shape index (κ1) is 22.4. The molecule has 31 heavy (non-hydrogen) atoms. The number of nitrogens with two attached hydrogens (primary N) is 1. The van der Waals surface area contributed by atoms with Gasteiger partial charge in [0.15, 0.2) is 33.6 Å². The Morgan fingerprint density at radius 2 is 1.97 bits per heavy atom. The van der Waals surface area contributed by atoms with Gasteiger partial charge in [0.1, 0.15) is 19.5 Å². The molecular weight excluding hydrogens is 555 g/mol. The molecule has 3 aromatic rings. The van der Waals surface area contributed by atoms with Gasteiger partial charge in [-0.15, -0.1) is 0 Å². The lowest BCUT2D eigenvalue weighted by atomic mass is 10.3. The number of hydrogen-bond donors (Lipinski definition) is 2. The Balaban J connectivity index is 1.67. The number of rotatable bonds is 7. The van der Waals surface area contributed by atoms with E-state index in [9.17, 15) is 8.42 Å². The summed E-state index contributed by atoms with van der Waals surface area (Å²) in [5.41, 5.74) is 7.03. The Bertz CT molecular complexity index is 1230. The Kier molecular flexibility index (Phi) is 6.46. The van der Waals surface area contributed by atoms with Gasteiger partial charge in [0.25, 0.3) is 0 Å². The van der Waals surface area contributed by atoms with Crippen molar-refractivity contribution in [2.75, 3.05) is 25.5 Å². The van der Waals surface area contributed by atoms with Crippen molar-refractivity contribution in [3.8, 4) is 11.5 Å². The van der Waals surface area contributed by atoms with E-state index in [1.165, 1.54) is 18.1 Å². The Morgan fingerprint density at radius 1 is 1.26 bits per heavy atom. The summed E-state index contributed by atoms with van der Waals surface area (Å²) in [5.74, 6) is 1.66. The molecule has 0 spiro atoms. The van der Waals surface area contributed by atoms with Gasteiger partial charge < -0.3 is 19.8 Å². The van der Waals surface area contributed by atoms with Crippen LogP contribution in [0.1, 0.15) is 13.8 Å². The predicted molar refractivity (Wildman–Crippen MR) is 126 cm³/mol. The van der Waals surface area contributed by atoms with Crippen molar-refractivity contribution in [3.63, 3.8) is 0 Å². The van der Waals surface area contributed by atoms with E-state index in [0.29, 0.717) is 47.6 Å². The van der Waals surface area contributed by atoms with E-state index in [4.69, 9.17) is 15.2 Å². The lowest BCUT2D eigenvalue weighted by molar-refractivity contribution is 0.171. The normalized spacial score (nSPS) is 13.8. The first-order valence-electron chi connectivity index (χ1n) is 9.48. The summed E-state index contributed by atoms with van der Waals surface area (Å²) in [6.07, 6.45) is 1.37. The molecule has 1 aliphatic rings. The Labute approximate surface area is 197 Å². The molecule has 2 aromatic heterocycles. The highest BCUT2D eigenvalue weighted by atomic mass is 127. The topological polar surface area (TPSA) is 134 Å². The van der Waals surface area contributed by atoms with E-state index in [1.807, 2.05) is 16.7 Å². The summed E-state index contributed by atoms with van der Waals surface area (Å²) >= 11 is 3.66. The smallest absolute Gasteiger partial charge is 0.213 e. The monoisotopic (exact) mass is 576 g/mol. The minimum atomic E-state index is -3.38. The fourth-order valence-corrected chi connectivity index (χ4v) is 5.32. The van der Waals surface area contributed by atoms with Gasteiger partial charge in [0.2, 0.25) is 10.0 Å². The van der Waals surface area contributed by atoms with Crippen molar-refractivity contribution in [3.05, 3.63) is 22.0 Å². The van der Waals surface area contributed by atoms with Gasteiger partial charge in [-0.3, -0.25) is 0 Å². The zero-order valence-electron chi connectivity index (χ0n) is 16.8. The maximum atomic E-state index is 12.1. The molecular formula is C18H21IN6O4S2. The summed E-state index contributed by atoms with van der Waals surface area (Å²) in [5, 5.41) is 0.110. The van der Waals surface area contributed by atoms with Crippen LogP contribution in [0.3, 0.4) is 0 Å². The van der Waals surface area contributed by atoms with E-state index in [-0.39, 0.29) is 12.4 Å². The average molecular weight is 576 g/mol. The molecule has 0 amide bonds. The van der Waals surface area contributed by atoms with Crippen LogP contribution in [0.15, 0.2) is 28.5 Å². The zero-order chi connectivity index (χ0) is 22.2. The van der Waals surface area contributed by atoms with Crippen LogP contribution in [0.5, 0.6) is 11.5 Å². The highest BCUT2D eigenvalue weighted by molar-refractivity contribution is 14.1. The molecule has 0 radical (unpaired) electrons. The van der Waals surface area contributed by atoms with Gasteiger partial charge in [0, 0.05) is 21.6 Å².